The second kappa shape index (κ2) is 5.07. The number of hydrogen-bond acceptors (Lipinski definition) is 3. The molecule has 2 aliphatic heterocycles. The van der Waals surface area contributed by atoms with Crippen molar-refractivity contribution < 1.29 is 9.47 Å². The molecule has 1 aromatic rings. The number of pyridine rings is 1. The second-order valence-corrected chi connectivity index (χ2v) is 12.1. The van der Waals surface area contributed by atoms with Crippen LogP contribution in [0.25, 0.3) is 0 Å². The van der Waals surface area contributed by atoms with Gasteiger partial charge in [0.15, 0.2) is 0 Å². The zero-order chi connectivity index (χ0) is 15.3. The highest BCUT2D eigenvalue weighted by Gasteiger charge is 2.46. The first-order valence-corrected chi connectivity index (χ1v) is 11.4. The minimum Gasteiger partial charge on any atom is -0.342 e. The van der Waals surface area contributed by atoms with Crippen LogP contribution in [0.2, 0.25) is 19.6 Å². The Kier molecular flexibility index (Phi) is 3.62. The molecule has 0 amide bonds. The van der Waals surface area contributed by atoms with Gasteiger partial charge in [-0.15, -0.1) is 0 Å². The largest absolute Gasteiger partial charge is 0.342 e. The van der Waals surface area contributed by atoms with Gasteiger partial charge in [0, 0.05) is 18.5 Å². The molecule has 5 heteroatoms. The fraction of sp³-hybridized carbons (Fsp3) is 0.688. The monoisotopic (exact) mass is 307 g/mol. The Labute approximate surface area is 127 Å². The molecule has 2 aliphatic rings. The fourth-order valence-corrected chi connectivity index (χ4v) is 5.23. The van der Waals surface area contributed by atoms with E-state index in [1.54, 1.807) is 0 Å². The van der Waals surface area contributed by atoms with Crippen LogP contribution in [0, 0.1) is 0 Å². The zero-order valence-electron chi connectivity index (χ0n) is 13.5. The van der Waals surface area contributed by atoms with Gasteiger partial charge in [-0.1, -0.05) is 33.0 Å². The summed E-state index contributed by atoms with van der Waals surface area (Å²) < 4.78 is 13.7. The minimum atomic E-state index is -1.58. The molecule has 3 heterocycles. The van der Waals surface area contributed by atoms with Gasteiger partial charge in [-0.3, -0.25) is 4.79 Å². The SMILES string of the molecule is CCCc1c([Si](C)(C)C)cc2n(c1=O)CCC21OCCO1. The molecule has 0 N–H and O–H groups in total. The molecule has 4 nitrogen and oxygen atoms in total. The van der Waals surface area contributed by atoms with Crippen molar-refractivity contribution in [2.24, 2.45) is 0 Å². The van der Waals surface area contributed by atoms with Crippen LogP contribution >= 0.6 is 0 Å². The van der Waals surface area contributed by atoms with Gasteiger partial charge in [-0.05, 0) is 17.7 Å². The van der Waals surface area contributed by atoms with E-state index in [0.29, 0.717) is 19.8 Å². The van der Waals surface area contributed by atoms with Gasteiger partial charge in [-0.25, -0.2) is 0 Å². The van der Waals surface area contributed by atoms with Crippen LogP contribution < -0.4 is 10.7 Å². The summed E-state index contributed by atoms with van der Waals surface area (Å²) in [5.41, 5.74) is 2.15. The topological polar surface area (TPSA) is 40.5 Å². The molecule has 1 saturated heterocycles. The van der Waals surface area contributed by atoms with Gasteiger partial charge in [0.2, 0.25) is 5.79 Å². The number of fused-ring (bicyclic) bond motifs is 2. The molecular formula is C16H25NO3Si. The average molecular weight is 307 g/mol. The average Bonchev–Trinajstić information content (AvgIpc) is 3.01. The molecule has 0 aromatic carbocycles. The third-order valence-electron chi connectivity index (χ3n) is 4.52. The summed E-state index contributed by atoms with van der Waals surface area (Å²) in [5.74, 6) is -0.654. The van der Waals surface area contributed by atoms with E-state index in [2.05, 4.69) is 32.6 Å². The van der Waals surface area contributed by atoms with E-state index < -0.39 is 13.9 Å². The van der Waals surface area contributed by atoms with Crippen molar-refractivity contribution in [1.29, 1.82) is 0 Å². The lowest BCUT2D eigenvalue weighted by atomic mass is 10.1. The van der Waals surface area contributed by atoms with Crippen molar-refractivity contribution in [3.05, 3.63) is 27.7 Å². The molecule has 3 rings (SSSR count). The van der Waals surface area contributed by atoms with Crippen molar-refractivity contribution >= 4 is 13.3 Å². The van der Waals surface area contributed by atoms with E-state index in [1.165, 1.54) is 5.19 Å². The molecular weight excluding hydrogens is 282 g/mol. The highest BCUT2D eigenvalue weighted by Crippen LogP contribution is 2.39. The fourth-order valence-electron chi connectivity index (χ4n) is 3.52. The minimum absolute atomic E-state index is 0.183. The third kappa shape index (κ3) is 2.31. The van der Waals surface area contributed by atoms with Gasteiger partial charge >= 0.3 is 0 Å². The molecule has 0 radical (unpaired) electrons. The van der Waals surface area contributed by atoms with Crippen molar-refractivity contribution in [2.45, 2.75) is 58.2 Å². The highest BCUT2D eigenvalue weighted by atomic mass is 28.3. The molecule has 0 bridgehead atoms. The Bertz CT molecular complexity index is 609. The van der Waals surface area contributed by atoms with Gasteiger partial charge in [0.05, 0.1) is 27.0 Å². The number of nitrogens with zero attached hydrogens (tertiary/aromatic N) is 1. The van der Waals surface area contributed by atoms with Crippen molar-refractivity contribution in [3.63, 3.8) is 0 Å². The van der Waals surface area contributed by atoms with Crippen molar-refractivity contribution in [3.8, 4) is 0 Å². The Morgan fingerprint density at radius 2 is 1.95 bits per heavy atom. The first-order chi connectivity index (χ1) is 9.89. The van der Waals surface area contributed by atoms with E-state index in [0.717, 1.165) is 30.5 Å². The maximum Gasteiger partial charge on any atom is 0.253 e. The van der Waals surface area contributed by atoms with Crippen LogP contribution in [0.3, 0.4) is 0 Å². The van der Waals surface area contributed by atoms with Gasteiger partial charge < -0.3 is 14.0 Å². The van der Waals surface area contributed by atoms with E-state index in [-0.39, 0.29) is 5.56 Å². The van der Waals surface area contributed by atoms with Gasteiger partial charge in [0.25, 0.3) is 5.56 Å². The maximum atomic E-state index is 12.9. The summed E-state index contributed by atoms with van der Waals surface area (Å²) in [7, 11) is -1.58. The van der Waals surface area contributed by atoms with Crippen LogP contribution in [-0.4, -0.2) is 25.9 Å². The lowest BCUT2D eigenvalue weighted by Crippen LogP contribution is -2.46. The predicted molar refractivity (Wildman–Crippen MR) is 85.9 cm³/mol. The predicted octanol–water partition coefficient (Wildman–Crippen LogP) is 1.95. The first-order valence-electron chi connectivity index (χ1n) is 7.94. The third-order valence-corrected chi connectivity index (χ3v) is 6.58. The molecule has 0 saturated carbocycles. The number of hydrogen-bond donors (Lipinski definition) is 0. The number of rotatable bonds is 3. The molecule has 0 atom stereocenters. The maximum absolute atomic E-state index is 12.9. The second-order valence-electron chi connectivity index (χ2n) is 7.08. The Morgan fingerprint density at radius 3 is 2.52 bits per heavy atom. The summed E-state index contributed by atoms with van der Waals surface area (Å²) in [4.78, 5) is 12.9. The summed E-state index contributed by atoms with van der Waals surface area (Å²) >= 11 is 0. The Hall–Kier alpha value is -0.913. The molecule has 116 valence electrons. The van der Waals surface area contributed by atoms with E-state index in [9.17, 15) is 4.79 Å². The van der Waals surface area contributed by atoms with E-state index in [4.69, 9.17) is 9.47 Å². The molecule has 0 unspecified atom stereocenters. The summed E-state index contributed by atoms with van der Waals surface area (Å²) in [6.07, 6.45) is 2.63. The quantitative estimate of drug-likeness (QED) is 0.802. The van der Waals surface area contributed by atoms with Gasteiger partial charge in [0.1, 0.15) is 0 Å². The van der Waals surface area contributed by atoms with Crippen LogP contribution in [0.1, 0.15) is 31.0 Å². The summed E-state index contributed by atoms with van der Waals surface area (Å²) in [6.45, 7) is 11.0. The summed E-state index contributed by atoms with van der Waals surface area (Å²) in [5, 5.41) is 1.28. The molecule has 1 spiro atoms. The Morgan fingerprint density at radius 1 is 1.29 bits per heavy atom. The lowest BCUT2D eigenvalue weighted by Gasteiger charge is -2.26. The normalized spacial score (nSPS) is 20.2. The summed E-state index contributed by atoms with van der Waals surface area (Å²) in [6, 6.07) is 2.22. The van der Waals surface area contributed by atoms with Crippen LogP contribution in [0.4, 0.5) is 0 Å². The van der Waals surface area contributed by atoms with Crippen LogP contribution in [0.15, 0.2) is 10.9 Å². The molecule has 1 fully saturated rings. The standard InChI is InChI=1S/C16H25NO3Si/c1-5-6-12-13(21(2,3)4)11-14-16(19-9-10-20-16)7-8-17(14)15(12)18/h11H,5-10H2,1-4H3. The Balaban J connectivity index is 2.22. The van der Waals surface area contributed by atoms with Crippen LogP contribution in [0.5, 0.6) is 0 Å². The van der Waals surface area contributed by atoms with Crippen molar-refractivity contribution in [2.75, 3.05) is 13.2 Å². The lowest BCUT2D eigenvalue weighted by molar-refractivity contribution is -0.163. The molecule has 1 aromatic heterocycles. The van der Waals surface area contributed by atoms with E-state index >= 15 is 0 Å². The molecule has 21 heavy (non-hydrogen) atoms. The molecule has 0 aliphatic carbocycles. The highest BCUT2D eigenvalue weighted by molar-refractivity contribution is 6.89. The van der Waals surface area contributed by atoms with Crippen LogP contribution in [-0.2, 0) is 28.2 Å². The zero-order valence-corrected chi connectivity index (χ0v) is 14.5. The van der Waals surface area contributed by atoms with E-state index in [1.807, 2.05) is 4.57 Å². The number of aromatic nitrogens is 1. The smallest absolute Gasteiger partial charge is 0.253 e. The first kappa shape index (κ1) is 15.0. The van der Waals surface area contributed by atoms with Gasteiger partial charge in [-0.2, -0.15) is 0 Å². The number of ether oxygens (including phenoxy) is 2. The van der Waals surface area contributed by atoms with Crippen molar-refractivity contribution in [1.82, 2.24) is 4.57 Å².